The van der Waals surface area contributed by atoms with Gasteiger partial charge in [0.1, 0.15) is 0 Å². The molecule has 5 heteroatoms. The van der Waals surface area contributed by atoms with Crippen molar-refractivity contribution in [2.75, 3.05) is 0 Å². The summed E-state index contributed by atoms with van der Waals surface area (Å²) in [6.07, 6.45) is 0. The number of hydrogen-bond acceptors (Lipinski definition) is 4. The van der Waals surface area contributed by atoms with Crippen molar-refractivity contribution in [3.8, 4) is 0 Å². The number of rotatable bonds is 2. The van der Waals surface area contributed by atoms with Crippen LogP contribution in [-0.2, 0) is 4.79 Å². The molecule has 0 spiro atoms. The zero-order chi connectivity index (χ0) is 6.78. The number of hydrogen-bond donors (Lipinski definition) is 4. The number of carboxylic acid groups (broad SMARTS) is 1. The van der Waals surface area contributed by atoms with Crippen molar-refractivity contribution in [1.82, 2.24) is 5.48 Å². The van der Waals surface area contributed by atoms with E-state index < -0.39 is 11.7 Å². The molecule has 48 valence electrons. The first-order valence-corrected chi connectivity index (χ1v) is 1.87. The lowest BCUT2D eigenvalue weighted by Gasteiger charge is -2.13. The van der Waals surface area contributed by atoms with Gasteiger partial charge in [-0.25, -0.2) is 4.79 Å². The third kappa shape index (κ3) is 1.45. The van der Waals surface area contributed by atoms with Crippen LogP contribution in [0.4, 0.5) is 0 Å². The highest BCUT2D eigenvalue weighted by molar-refractivity contribution is 5.75. The molecule has 0 heterocycles. The SMILES string of the molecule is CC(O)(NO)C(=O)O. The van der Waals surface area contributed by atoms with Gasteiger partial charge in [0.2, 0.25) is 5.72 Å². The maximum Gasteiger partial charge on any atom is 0.353 e. The number of aliphatic carboxylic acids is 1. The third-order valence-corrected chi connectivity index (χ3v) is 0.634. The van der Waals surface area contributed by atoms with Crippen molar-refractivity contribution < 1.29 is 20.2 Å². The van der Waals surface area contributed by atoms with Gasteiger partial charge < -0.3 is 15.4 Å². The summed E-state index contributed by atoms with van der Waals surface area (Å²) in [5.41, 5.74) is -1.04. The second kappa shape index (κ2) is 2.08. The summed E-state index contributed by atoms with van der Waals surface area (Å²) in [4.78, 5) is 9.78. The van der Waals surface area contributed by atoms with Gasteiger partial charge in [0, 0.05) is 0 Å². The predicted molar refractivity (Wildman–Crippen MR) is 23.2 cm³/mol. The normalized spacial score (nSPS) is 17.4. The molecule has 1 atom stereocenters. The second-order valence-corrected chi connectivity index (χ2v) is 1.49. The number of nitrogens with one attached hydrogen (secondary N) is 1. The minimum Gasteiger partial charge on any atom is -0.478 e. The fourth-order valence-corrected chi connectivity index (χ4v) is 0.0478. The maximum atomic E-state index is 9.78. The largest absolute Gasteiger partial charge is 0.478 e. The second-order valence-electron chi connectivity index (χ2n) is 1.49. The van der Waals surface area contributed by atoms with E-state index in [0.29, 0.717) is 0 Å². The molecule has 5 nitrogen and oxygen atoms in total. The van der Waals surface area contributed by atoms with E-state index in [4.69, 9.17) is 15.4 Å². The van der Waals surface area contributed by atoms with Gasteiger partial charge in [0.25, 0.3) is 0 Å². The quantitative estimate of drug-likeness (QED) is 0.271. The summed E-state index contributed by atoms with van der Waals surface area (Å²) in [6, 6.07) is 0. The molecular weight excluding hydrogens is 114 g/mol. The first kappa shape index (κ1) is 7.35. The minimum absolute atomic E-state index is 0.912. The first-order valence-electron chi connectivity index (χ1n) is 1.87. The van der Waals surface area contributed by atoms with E-state index in [0.717, 1.165) is 6.92 Å². The van der Waals surface area contributed by atoms with Crippen molar-refractivity contribution >= 4 is 5.97 Å². The summed E-state index contributed by atoms with van der Waals surface area (Å²) in [6.45, 7) is 0.912. The maximum absolute atomic E-state index is 9.78. The Bertz CT molecular complexity index is 99.5. The van der Waals surface area contributed by atoms with E-state index in [1.165, 1.54) is 5.48 Å². The Morgan fingerprint density at radius 1 is 1.75 bits per heavy atom. The van der Waals surface area contributed by atoms with E-state index in [1.54, 1.807) is 0 Å². The van der Waals surface area contributed by atoms with Crippen molar-refractivity contribution in [1.29, 1.82) is 0 Å². The smallest absolute Gasteiger partial charge is 0.353 e. The molecule has 0 rings (SSSR count). The Morgan fingerprint density at radius 2 is 2.12 bits per heavy atom. The lowest BCUT2D eigenvalue weighted by Crippen LogP contribution is -2.47. The molecule has 0 aliphatic rings. The van der Waals surface area contributed by atoms with Gasteiger partial charge in [-0.15, -0.1) is 0 Å². The van der Waals surface area contributed by atoms with E-state index >= 15 is 0 Å². The summed E-state index contributed by atoms with van der Waals surface area (Å²) < 4.78 is 0. The average molecular weight is 121 g/mol. The zero-order valence-electron chi connectivity index (χ0n) is 4.25. The van der Waals surface area contributed by atoms with Crippen LogP contribution in [0.3, 0.4) is 0 Å². The monoisotopic (exact) mass is 121 g/mol. The lowest BCUT2D eigenvalue weighted by atomic mass is 10.3. The zero-order valence-corrected chi connectivity index (χ0v) is 4.25. The van der Waals surface area contributed by atoms with Crippen LogP contribution in [-0.4, -0.2) is 27.1 Å². The van der Waals surface area contributed by atoms with Gasteiger partial charge >= 0.3 is 5.97 Å². The Labute approximate surface area is 45.5 Å². The summed E-state index contributed by atoms with van der Waals surface area (Å²) in [5.74, 6) is -1.53. The van der Waals surface area contributed by atoms with Crippen molar-refractivity contribution in [3.05, 3.63) is 0 Å². The molecule has 0 amide bonds. The average Bonchev–Trinajstić information content (AvgIpc) is 1.67. The van der Waals surface area contributed by atoms with E-state index in [9.17, 15) is 4.79 Å². The molecule has 0 fully saturated rings. The van der Waals surface area contributed by atoms with Gasteiger partial charge in [-0.3, -0.25) is 0 Å². The number of aliphatic hydroxyl groups is 1. The number of carboxylic acids is 1. The number of carbonyl (C=O) groups is 1. The van der Waals surface area contributed by atoms with Crippen molar-refractivity contribution in [2.24, 2.45) is 0 Å². The molecule has 0 saturated carbocycles. The van der Waals surface area contributed by atoms with Gasteiger partial charge in [-0.05, 0) is 6.92 Å². The molecule has 0 saturated heterocycles. The lowest BCUT2D eigenvalue weighted by molar-refractivity contribution is -0.172. The Kier molecular flexibility index (Phi) is 1.91. The van der Waals surface area contributed by atoms with Gasteiger partial charge in [-0.1, -0.05) is 0 Å². The summed E-state index contributed by atoms with van der Waals surface area (Å²) >= 11 is 0. The van der Waals surface area contributed by atoms with Crippen LogP contribution in [0.25, 0.3) is 0 Å². The molecule has 0 aliphatic carbocycles. The summed E-state index contributed by atoms with van der Waals surface area (Å²) in [5, 5.41) is 24.3. The van der Waals surface area contributed by atoms with Gasteiger partial charge in [0.15, 0.2) is 0 Å². The predicted octanol–water partition coefficient (Wildman–Crippen LogP) is -1.24. The molecule has 0 bridgehead atoms. The molecule has 0 aromatic heterocycles. The topological polar surface area (TPSA) is 89.8 Å². The molecular formula is C3H7NO4. The van der Waals surface area contributed by atoms with Crippen LogP contribution >= 0.6 is 0 Å². The Balaban J connectivity index is 3.91. The third-order valence-electron chi connectivity index (χ3n) is 0.634. The Morgan fingerprint density at radius 3 is 2.12 bits per heavy atom. The van der Waals surface area contributed by atoms with Crippen molar-refractivity contribution in [3.63, 3.8) is 0 Å². The fraction of sp³-hybridized carbons (Fsp3) is 0.667. The van der Waals surface area contributed by atoms with Crippen LogP contribution in [0, 0.1) is 0 Å². The molecule has 0 aliphatic heterocycles. The summed E-state index contributed by atoms with van der Waals surface area (Å²) in [7, 11) is 0. The van der Waals surface area contributed by atoms with Crippen LogP contribution in [0.15, 0.2) is 0 Å². The van der Waals surface area contributed by atoms with E-state index in [1.807, 2.05) is 0 Å². The van der Waals surface area contributed by atoms with Crippen LogP contribution in [0.5, 0.6) is 0 Å². The van der Waals surface area contributed by atoms with Gasteiger partial charge in [0.05, 0.1) is 0 Å². The molecule has 0 aromatic rings. The van der Waals surface area contributed by atoms with Crippen LogP contribution in [0.1, 0.15) is 6.92 Å². The van der Waals surface area contributed by atoms with E-state index in [2.05, 4.69) is 0 Å². The minimum atomic E-state index is -2.24. The van der Waals surface area contributed by atoms with Crippen LogP contribution in [0.2, 0.25) is 0 Å². The highest BCUT2D eigenvalue weighted by Crippen LogP contribution is 1.93. The number of hydroxylamine groups is 1. The van der Waals surface area contributed by atoms with Crippen LogP contribution < -0.4 is 5.48 Å². The highest BCUT2D eigenvalue weighted by atomic mass is 16.5. The fourth-order valence-electron chi connectivity index (χ4n) is 0.0478. The molecule has 4 N–H and O–H groups in total. The van der Waals surface area contributed by atoms with E-state index in [-0.39, 0.29) is 0 Å². The van der Waals surface area contributed by atoms with Gasteiger partial charge in [-0.2, -0.15) is 5.48 Å². The standard InChI is InChI=1S/C3H7NO4/c1-3(7,4-8)2(5)6/h4,7-8H,1H3,(H,5,6). The molecule has 1 unspecified atom stereocenters. The molecule has 0 radical (unpaired) electrons. The highest BCUT2D eigenvalue weighted by Gasteiger charge is 2.28. The molecule has 0 aromatic carbocycles. The van der Waals surface area contributed by atoms with Crippen molar-refractivity contribution in [2.45, 2.75) is 12.6 Å². The Hall–Kier alpha value is -0.650. The molecule has 8 heavy (non-hydrogen) atoms. The first-order chi connectivity index (χ1) is 3.50.